The number of carbonyl (C=O) groups is 1. The van der Waals surface area contributed by atoms with Crippen molar-refractivity contribution in [2.24, 2.45) is 0 Å². The van der Waals surface area contributed by atoms with Gasteiger partial charge in [-0.25, -0.2) is 4.57 Å². The molecule has 1 aromatic rings. The largest absolute Gasteiger partial charge is 0.355 e. The predicted molar refractivity (Wildman–Crippen MR) is 55.1 cm³/mol. The molecule has 0 spiro atoms. The molecule has 1 amide bonds. The van der Waals surface area contributed by atoms with Crippen molar-refractivity contribution in [1.29, 1.82) is 0 Å². The summed E-state index contributed by atoms with van der Waals surface area (Å²) < 4.78 is 2.04. The molecule has 0 aliphatic carbocycles. The number of aryl methyl sites for hydroxylation is 1. The highest BCUT2D eigenvalue weighted by atomic mass is 16.1. The fourth-order valence-corrected chi connectivity index (χ4v) is 1.32. The Labute approximate surface area is 84.8 Å². The first kappa shape index (κ1) is 10.7. The fourth-order valence-electron chi connectivity index (χ4n) is 1.32. The number of pyridine rings is 1. The molecule has 0 unspecified atom stereocenters. The van der Waals surface area contributed by atoms with E-state index in [-0.39, 0.29) is 5.91 Å². The van der Waals surface area contributed by atoms with Crippen LogP contribution in [0.4, 0.5) is 0 Å². The number of rotatable bonds is 2. The molecule has 0 fully saturated rings. The molecule has 76 valence electrons. The Morgan fingerprint density at radius 3 is 2.57 bits per heavy atom. The minimum atomic E-state index is -0.0388. The third-order valence-corrected chi connectivity index (χ3v) is 2.11. The van der Waals surface area contributed by atoms with E-state index in [4.69, 9.17) is 0 Å². The maximum absolute atomic E-state index is 11.4. The molecule has 0 saturated heterocycles. The van der Waals surface area contributed by atoms with Crippen molar-refractivity contribution < 1.29 is 9.36 Å². The summed E-state index contributed by atoms with van der Waals surface area (Å²) in [5.74, 6) is -0.0388. The Morgan fingerprint density at radius 2 is 2.07 bits per heavy atom. The third-order valence-electron chi connectivity index (χ3n) is 2.11. The van der Waals surface area contributed by atoms with Crippen molar-refractivity contribution in [3.63, 3.8) is 0 Å². The lowest BCUT2D eigenvalue weighted by Crippen LogP contribution is -2.37. The number of aromatic nitrogens is 1. The predicted octanol–water partition coefficient (Wildman–Crippen LogP) is 1.22. The fraction of sp³-hybridized carbons (Fsp3) is 0.455. The quantitative estimate of drug-likeness (QED) is 0.704. The smallest absolute Gasteiger partial charge is 0.257 e. The lowest BCUT2D eigenvalue weighted by molar-refractivity contribution is -0.716. The van der Waals surface area contributed by atoms with Crippen LogP contribution in [-0.2, 0) is 0 Å². The number of hydrogen-bond acceptors (Lipinski definition) is 1. The normalized spacial score (nSPS) is 10.4. The Bertz CT molecular complexity index is 345. The van der Waals surface area contributed by atoms with Gasteiger partial charge in [0.1, 0.15) is 5.56 Å². The summed E-state index contributed by atoms with van der Waals surface area (Å²) in [4.78, 5) is 11.4. The van der Waals surface area contributed by atoms with E-state index in [0.717, 1.165) is 5.56 Å². The lowest BCUT2D eigenvalue weighted by Gasteiger charge is -2.04. The van der Waals surface area contributed by atoms with Crippen molar-refractivity contribution in [3.05, 3.63) is 29.6 Å². The van der Waals surface area contributed by atoms with Gasteiger partial charge < -0.3 is 5.32 Å². The van der Waals surface area contributed by atoms with E-state index < -0.39 is 0 Å². The number of hydrogen-bond donors (Lipinski definition) is 1. The summed E-state index contributed by atoms with van der Waals surface area (Å²) in [6.07, 6.45) is 3.91. The summed E-state index contributed by atoms with van der Waals surface area (Å²) >= 11 is 0. The molecule has 1 N–H and O–H groups in total. The van der Waals surface area contributed by atoms with Gasteiger partial charge in [-0.3, -0.25) is 4.79 Å². The maximum atomic E-state index is 11.4. The lowest BCUT2D eigenvalue weighted by atomic mass is 10.2. The molecular formula is C11H17N2O+. The zero-order chi connectivity index (χ0) is 10.7. The Kier molecular flexibility index (Phi) is 3.23. The first-order chi connectivity index (χ1) is 6.54. The average Bonchev–Trinajstić information content (AvgIpc) is 2.15. The summed E-state index contributed by atoms with van der Waals surface area (Å²) in [7, 11) is 1.64. The molecular weight excluding hydrogens is 176 g/mol. The average molecular weight is 193 g/mol. The van der Waals surface area contributed by atoms with Crippen LogP contribution in [-0.4, -0.2) is 13.0 Å². The van der Waals surface area contributed by atoms with Crippen LogP contribution in [0.1, 0.15) is 35.8 Å². The third kappa shape index (κ3) is 2.31. The van der Waals surface area contributed by atoms with E-state index in [0.29, 0.717) is 11.6 Å². The molecule has 1 aromatic heterocycles. The van der Waals surface area contributed by atoms with Crippen LogP contribution in [0.5, 0.6) is 0 Å². The standard InChI is InChI=1S/C11H16N2O/c1-8(2)13-6-9(3)5-10(7-13)11(14)12-4/h5-8H,1-4H3/p+1. The van der Waals surface area contributed by atoms with Gasteiger partial charge in [0.25, 0.3) is 5.91 Å². The first-order valence-corrected chi connectivity index (χ1v) is 4.79. The van der Waals surface area contributed by atoms with Crippen molar-refractivity contribution in [2.45, 2.75) is 26.8 Å². The van der Waals surface area contributed by atoms with E-state index in [1.165, 1.54) is 0 Å². The van der Waals surface area contributed by atoms with Gasteiger partial charge >= 0.3 is 0 Å². The van der Waals surface area contributed by atoms with Crippen LogP contribution in [0.15, 0.2) is 18.5 Å². The van der Waals surface area contributed by atoms with Gasteiger partial charge in [-0.05, 0) is 26.8 Å². The Hall–Kier alpha value is -1.38. The molecule has 0 radical (unpaired) electrons. The first-order valence-electron chi connectivity index (χ1n) is 4.79. The van der Waals surface area contributed by atoms with Crippen LogP contribution >= 0.6 is 0 Å². The monoisotopic (exact) mass is 193 g/mol. The molecule has 0 aromatic carbocycles. The van der Waals surface area contributed by atoms with Crippen molar-refractivity contribution >= 4 is 5.91 Å². The van der Waals surface area contributed by atoms with Crippen molar-refractivity contribution in [2.75, 3.05) is 7.05 Å². The second-order valence-corrected chi connectivity index (χ2v) is 3.72. The van der Waals surface area contributed by atoms with Gasteiger partial charge in [0.05, 0.1) is 0 Å². The zero-order valence-corrected chi connectivity index (χ0v) is 9.16. The van der Waals surface area contributed by atoms with Crippen LogP contribution in [0, 0.1) is 6.92 Å². The van der Waals surface area contributed by atoms with Crippen molar-refractivity contribution in [1.82, 2.24) is 5.32 Å². The van der Waals surface area contributed by atoms with E-state index >= 15 is 0 Å². The van der Waals surface area contributed by atoms with E-state index in [2.05, 4.69) is 19.2 Å². The molecule has 0 bridgehead atoms. The highest BCUT2D eigenvalue weighted by Crippen LogP contribution is 2.02. The summed E-state index contributed by atoms with van der Waals surface area (Å²) in [5, 5.41) is 2.62. The van der Waals surface area contributed by atoms with Crippen LogP contribution in [0.2, 0.25) is 0 Å². The van der Waals surface area contributed by atoms with Gasteiger partial charge in [-0.15, -0.1) is 0 Å². The Morgan fingerprint density at radius 1 is 1.43 bits per heavy atom. The van der Waals surface area contributed by atoms with Crippen LogP contribution < -0.4 is 9.88 Å². The van der Waals surface area contributed by atoms with E-state index in [1.807, 2.05) is 30.0 Å². The molecule has 0 saturated carbocycles. The van der Waals surface area contributed by atoms with Crippen LogP contribution in [0.25, 0.3) is 0 Å². The highest BCUT2D eigenvalue weighted by Gasteiger charge is 2.12. The molecule has 3 heteroatoms. The van der Waals surface area contributed by atoms with Gasteiger partial charge in [-0.1, -0.05) is 0 Å². The summed E-state index contributed by atoms with van der Waals surface area (Å²) in [6.45, 7) is 6.17. The summed E-state index contributed by atoms with van der Waals surface area (Å²) in [6, 6.07) is 2.26. The Balaban J connectivity index is 3.13. The molecule has 3 nitrogen and oxygen atoms in total. The minimum Gasteiger partial charge on any atom is -0.355 e. The number of carbonyl (C=O) groups excluding carboxylic acids is 1. The second kappa shape index (κ2) is 4.22. The molecule has 0 aliphatic heterocycles. The van der Waals surface area contributed by atoms with Crippen molar-refractivity contribution in [3.8, 4) is 0 Å². The van der Waals surface area contributed by atoms with Gasteiger partial charge in [0.2, 0.25) is 0 Å². The van der Waals surface area contributed by atoms with Gasteiger partial charge in [-0.2, -0.15) is 0 Å². The van der Waals surface area contributed by atoms with E-state index in [9.17, 15) is 4.79 Å². The zero-order valence-electron chi connectivity index (χ0n) is 9.16. The molecule has 14 heavy (non-hydrogen) atoms. The van der Waals surface area contributed by atoms with Gasteiger partial charge in [0, 0.05) is 12.6 Å². The topological polar surface area (TPSA) is 33.0 Å². The maximum Gasteiger partial charge on any atom is 0.257 e. The number of nitrogens with zero attached hydrogens (tertiary/aromatic N) is 1. The molecule has 1 rings (SSSR count). The SMILES string of the molecule is CNC(=O)c1cc(C)c[n+](C(C)C)c1. The molecule has 1 heterocycles. The highest BCUT2D eigenvalue weighted by molar-refractivity contribution is 5.93. The molecule has 0 atom stereocenters. The second-order valence-electron chi connectivity index (χ2n) is 3.72. The summed E-state index contributed by atoms with van der Waals surface area (Å²) in [5.41, 5.74) is 1.81. The minimum absolute atomic E-state index is 0.0388. The number of amides is 1. The van der Waals surface area contributed by atoms with E-state index in [1.54, 1.807) is 7.05 Å². The number of nitrogens with one attached hydrogen (secondary N) is 1. The molecule has 0 aliphatic rings. The van der Waals surface area contributed by atoms with Crippen LogP contribution in [0.3, 0.4) is 0 Å². The van der Waals surface area contributed by atoms with Gasteiger partial charge in [0.15, 0.2) is 18.4 Å².